The molecule has 0 spiro atoms. The lowest BCUT2D eigenvalue weighted by Gasteiger charge is -2.20. The van der Waals surface area contributed by atoms with Gasteiger partial charge in [0.25, 0.3) is 5.91 Å². The van der Waals surface area contributed by atoms with E-state index < -0.39 is 0 Å². The van der Waals surface area contributed by atoms with Crippen LogP contribution in [0.3, 0.4) is 0 Å². The van der Waals surface area contributed by atoms with Crippen molar-refractivity contribution in [1.82, 2.24) is 15.2 Å². The maximum absolute atomic E-state index is 12.3. The molecule has 2 aliphatic rings. The zero-order chi connectivity index (χ0) is 14.3. The summed E-state index contributed by atoms with van der Waals surface area (Å²) in [5.41, 5.74) is 0. The van der Waals surface area contributed by atoms with Crippen LogP contribution < -0.4 is 5.32 Å². The standard InChI is InChI=1S/C15H23N3OS/c1-9(2)18-7-10(3)12(8-18)17-14(19)15-16-6-13(20-15)11-4-5-11/h6,9-12H,4-5,7-8H2,1-3H3,(H,17,19)/t10-,12+/m1/s1. The quantitative estimate of drug-likeness (QED) is 0.927. The van der Waals surface area contributed by atoms with Crippen LogP contribution in [0.1, 0.15) is 54.2 Å². The summed E-state index contributed by atoms with van der Waals surface area (Å²) in [6.45, 7) is 8.64. The highest BCUT2D eigenvalue weighted by atomic mass is 32.1. The van der Waals surface area contributed by atoms with Crippen molar-refractivity contribution in [3.63, 3.8) is 0 Å². The van der Waals surface area contributed by atoms with Crippen LogP contribution in [-0.4, -0.2) is 41.0 Å². The van der Waals surface area contributed by atoms with Crippen LogP contribution in [0, 0.1) is 5.92 Å². The average Bonchev–Trinajstić information content (AvgIpc) is 3.01. The number of amides is 1. The Kier molecular flexibility index (Phi) is 3.82. The summed E-state index contributed by atoms with van der Waals surface area (Å²) in [6.07, 6.45) is 4.40. The van der Waals surface area contributed by atoms with Crippen LogP contribution in [0.5, 0.6) is 0 Å². The monoisotopic (exact) mass is 293 g/mol. The molecule has 1 saturated heterocycles. The number of likely N-dealkylation sites (tertiary alicyclic amines) is 1. The largest absolute Gasteiger partial charge is 0.346 e. The van der Waals surface area contributed by atoms with Gasteiger partial charge in [-0.2, -0.15) is 0 Å². The molecule has 5 heteroatoms. The van der Waals surface area contributed by atoms with Gasteiger partial charge in [-0.05, 0) is 38.5 Å². The second-order valence-electron chi connectivity index (χ2n) is 6.45. The number of carbonyl (C=O) groups is 1. The molecule has 1 aliphatic heterocycles. The summed E-state index contributed by atoms with van der Waals surface area (Å²) in [6, 6.07) is 0.791. The third-order valence-corrected chi connectivity index (χ3v) is 5.54. The van der Waals surface area contributed by atoms with Gasteiger partial charge in [0.15, 0.2) is 5.01 Å². The number of nitrogens with one attached hydrogen (secondary N) is 1. The van der Waals surface area contributed by atoms with Gasteiger partial charge < -0.3 is 5.32 Å². The highest BCUT2D eigenvalue weighted by Gasteiger charge is 2.33. The summed E-state index contributed by atoms with van der Waals surface area (Å²) >= 11 is 1.57. The van der Waals surface area contributed by atoms with Crippen LogP contribution in [0.4, 0.5) is 0 Å². The van der Waals surface area contributed by atoms with E-state index in [4.69, 9.17) is 0 Å². The summed E-state index contributed by atoms with van der Waals surface area (Å²) in [5.74, 6) is 1.18. The van der Waals surface area contributed by atoms with Crippen LogP contribution >= 0.6 is 11.3 Å². The fraction of sp³-hybridized carbons (Fsp3) is 0.733. The zero-order valence-corrected chi connectivity index (χ0v) is 13.2. The van der Waals surface area contributed by atoms with Gasteiger partial charge >= 0.3 is 0 Å². The number of aromatic nitrogens is 1. The minimum Gasteiger partial charge on any atom is -0.346 e. The van der Waals surface area contributed by atoms with Gasteiger partial charge in [0.2, 0.25) is 0 Å². The predicted molar refractivity (Wildman–Crippen MR) is 81.2 cm³/mol. The van der Waals surface area contributed by atoms with E-state index in [0.717, 1.165) is 13.1 Å². The van der Waals surface area contributed by atoms with E-state index in [2.05, 4.69) is 36.0 Å². The molecule has 1 N–H and O–H groups in total. The minimum atomic E-state index is 0.00403. The van der Waals surface area contributed by atoms with Crippen molar-refractivity contribution in [3.05, 3.63) is 16.1 Å². The smallest absolute Gasteiger partial charge is 0.280 e. The molecule has 1 aromatic heterocycles. The molecule has 110 valence electrons. The number of nitrogens with zero attached hydrogens (tertiary/aromatic N) is 2. The molecule has 4 nitrogen and oxygen atoms in total. The molecular weight excluding hydrogens is 270 g/mol. The van der Waals surface area contributed by atoms with Crippen molar-refractivity contribution < 1.29 is 4.79 Å². The van der Waals surface area contributed by atoms with E-state index in [1.165, 1.54) is 17.7 Å². The third-order valence-electron chi connectivity index (χ3n) is 4.38. The van der Waals surface area contributed by atoms with Crippen molar-refractivity contribution >= 4 is 17.2 Å². The lowest BCUT2D eigenvalue weighted by Crippen LogP contribution is -2.40. The summed E-state index contributed by atoms with van der Waals surface area (Å²) < 4.78 is 0. The molecule has 1 saturated carbocycles. The predicted octanol–water partition coefficient (Wildman–Crippen LogP) is 2.48. The Morgan fingerprint density at radius 2 is 2.20 bits per heavy atom. The van der Waals surface area contributed by atoms with Gasteiger partial charge in [-0.3, -0.25) is 9.69 Å². The molecule has 3 rings (SSSR count). The van der Waals surface area contributed by atoms with Gasteiger partial charge in [0.1, 0.15) is 0 Å². The van der Waals surface area contributed by atoms with Crippen molar-refractivity contribution in [3.8, 4) is 0 Å². The molecule has 2 atom stereocenters. The summed E-state index contributed by atoms with van der Waals surface area (Å²) in [7, 11) is 0. The molecule has 0 radical (unpaired) electrons. The highest BCUT2D eigenvalue weighted by molar-refractivity contribution is 7.13. The summed E-state index contributed by atoms with van der Waals surface area (Å²) in [4.78, 5) is 20.3. The first-order valence-corrected chi connectivity index (χ1v) is 8.37. The fourth-order valence-electron chi connectivity index (χ4n) is 2.79. The highest BCUT2D eigenvalue weighted by Crippen LogP contribution is 2.42. The normalized spacial score (nSPS) is 27.2. The Bertz CT molecular complexity index is 495. The lowest BCUT2D eigenvalue weighted by molar-refractivity contribution is 0.0930. The number of hydrogen-bond donors (Lipinski definition) is 1. The van der Waals surface area contributed by atoms with Gasteiger partial charge in [-0.1, -0.05) is 6.92 Å². The van der Waals surface area contributed by atoms with Crippen LogP contribution in [-0.2, 0) is 0 Å². The van der Waals surface area contributed by atoms with Crippen molar-refractivity contribution in [2.75, 3.05) is 13.1 Å². The Hall–Kier alpha value is -0.940. The third kappa shape index (κ3) is 2.88. The first-order chi connectivity index (χ1) is 9.54. The van der Waals surface area contributed by atoms with Gasteiger partial charge in [-0.15, -0.1) is 11.3 Å². The van der Waals surface area contributed by atoms with E-state index in [0.29, 0.717) is 22.9 Å². The molecule has 2 fully saturated rings. The van der Waals surface area contributed by atoms with Crippen LogP contribution in [0.25, 0.3) is 0 Å². The summed E-state index contributed by atoms with van der Waals surface area (Å²) in [5, 5.41) is 3.80. The van der Waals surface area contributed by atoms with E-state index in [9.17, 15) is 4.79 Å². The number of rotatable bonds is 4. The minimum absolute atomic E-state index is 0.00403. The average molecular weight is 293 g/mol. The Balaban J connectivity index is 1.60. The Labute approximate surface area is 124 Å². The van der Waals surface area contributed by atoms with E-state index in [-0.39, 0.29) is 11.9 Å². The van der Waals surface area contributed by atoms with Gasteiger partial charge in [0.05, 0.1) is 0 Å². The zero-order valence-electron chi connectivity index (χ0n) is 12.4. The molecular formula is C15H23N3OS. The molecule has 1 aromatic rings. The van der Waals surface area contributed by atoms with Gasteiger partial charge in [-0.25, -0.2) is 4.98 Å². The molecule has 1 aliphatic carbocycles. The first-order valence-electron chi connectivity index (χ1n) is 7.55. The molecule has 2 heterocycles. The second-order valence-corrected chi connectivity index (χ2v) is 7.51. The van der Waals surface area contributed by atoms with Crippen molar-refractivity contribution in [1.29, 1.82) is 0 Å². The number of hydrogen-bond acceptors (Lipinski definition) is 4. The molecule has 1 amide bonds. The van der Waals surface area contributed by atoms with Crippen molar-refractivity contribution in [2.24, 2.45) is 5.92 Å². The molecule has 20 heavy (non-hydrogen) atoms. The van der Waals surface area contributed by atoms with E-state index >= 15 is 0 Å². The Morgan fingerprint density at radius 3 is 2.80 bits per heavy atom. The maximum atomic E-state index is 12.3. The van der Waals surface area contributed by atoms with E-state index in [1.807, 2.05) is 6.20 Å². The fourth-order valence-corrected chi connectivity index (χ4v) is 3.78. The lowest BCUT2D eigenvalue weighted by atomic mass is 10.1. The molecule has 0 bridgehead atoms. The SMILES string of the molecule is CC(C)N1C[C@@H](C)[C@@H](NC(=O)c2ncc(C3CC3)s2)C1. The molecule has 0 aromatic carbocycles. The number of thiazole rings is 1. The first kappa shape index (κ1) is 14.0. The van der Waals surface area contributed by atoms with Crippen LogP contribution in [0.2, 0.25) is 0 Å². The van der Waals surface area contributed by atoms with Crippen LogP contribution in [0.15, 0.2) is 6.20 Å². The Morgan fingerprint density at radius 1 is 1.45 bits per heavy atom. The number of carbonyl (C=O) groups excluding carboxylic acids is 1. The topological polar surface area (TPSA) is 45.2 Å². The van der Waals surface area contributed by atoms with Gasteiger partial charge in [0, 0.05) is 36.2 Å². The van der Waals surface area contributed by atoms with E-state index in [1.54, 1.807) is 11.3 Å². The van der Waals surface area contributed by atoms with Crippen molar-refractivity contribution in [2.45, 2.75) is 51.6 Å². The molecule has 0 unspecified atom stereocenters. The second kappa shape index (κ2) is 5.45. The maximum Gasteiger partial charge on any atom is 0.280 e.